The van der Waals surface area contributed by atoms with Gasteiger partial charge in [-0.15, -0.1) is 0 Å². The van der Waals surface area contributed by atoms with Gasteiger partial charge < -0.3 is 4.74 Å². The highest BCUT2D eigenvalue weighted by atomic mass is 16.5. The number of benzene rings is 3. The zero-order valence-electron chi connectivity index (χ0n) is 18.0. The maximum Gasteiger partial charge on any atom is 0.0717 e. The van der Waals surface area contributed by atoms with Crippen molar-refractivity contribution in [1.29, 1.82) is 0 Å². The summed E-state index contributed by atoms with van der Waals surface area (Å²) in [4.78, 5) is 2.68. The summed E-state index contributed by atoms with van der Waals surface area (Å²) in [6, 6.07) is 32.3. The molecule has 1 saturated carbocycles. The number of rotatable bonds is 11. The molecule has 0 N–H and O–H groups in total. The third kappa shape index (κ3) is 5.19. The van der Waals surface area contributed by atoms with Gasteiger partial charge in [0.1, 0.15) is 0 Å². The molecular formula is C28H33NO. The lowest BCUT2D eigenvalue weighted by Crippen LogP contribution is -2.42. The molecule has 0 amide bonds. The van der Waals surface area contributed by atoms with Crippen molar-refractivity contribution in [2.75, 3.05) is 6.61 Å². The minimum Gasteiger partial charge on any atom is -0.375 e. The van der Waals surface area contributed by atoms with Crippen LogP contribution in [0, 0.1) is 5.92 Å². The molecular weight excluding hydrogens is 366 g/mol. The van der Waals surface area contributed by atoms with Crippen molar-refractivity contribution in [2.45, 2.75) is 51.4 Å². The van der Waals surface area contributed by atoms with Crippen molar-refractivity contribution >= 4 is 0 Å². The average Bonchev–Trinajstić information content (AvgIpc) is 3.49. The molecule has 3 aromatic rings. The number of hydrogen-bond donors (Lipinski definition) is 0. The Hall–Kier alpha value is -2.42. The van der Waals surface area contributed by atoms with Crippen LogP contribution in [0.5, 0.6) is 0 Å². The van der Waals surface area contributed by atoms with Crippen LogP contribution in [-0.4, -0.2) is 17.0 Å². The molecule has 30 heavy (non-hydrogen) atoms. The third-order valence-corrected chi connectivity index (χ3v) is 6.36. The van der Waals surface area contributed by atoms with E-state index in [1.165, 1.54) is 36.0 Å². The zero-order chi connectivity index (χ0) is 20.7. The summed E-state index contributed by atoms with van der Waals surface area (Å²) in [5.74, 6) is 0.714. The van der Waals surface area contributed by atoms with Gasteiger partial charge in [-0.2, -0.15) is 0 Å². The second-order valence-corrected chi connectivity index (χ2v) is 8.60. The van der Waals surface area contributed by atoms with E-state index < -0.39 is 0 Å². The third-order valence-electron chi connectivity index (χ3n) is 6.36. The molecule has 0 spiro atoms. The van der Waals surface area contributed by atoms with Crippen LogP contribution < -0.4 is 0 Å². The quantitative estimate of drug-likeness (QED) is 0.367. The first-order valence-electron chi connectivity index (χ1n) is 11.2. The van der Waals surface area contributed by atoms with Crippen molar-refractivity contribution in [3.05, 3.63) is 108 Å². The average molecular weight is 400 g/mol. The largest absolute Gasteiger partial charge is 0.375 e. The Labute approximate surface area is 181 Å². The molecule has 2 atom stereocenters. The maximum atomic E-state index is 6.34. The summed E-state index contributed by atoms with van der Waals surface area (Å²) in [6.07, 6.45) is 3.74. The minimum atomic E-state index is 0.135. The molecule has 1 aliphatic rings. The summed E-state index contributed by atoms with van der Waals surface area (Å²) >= 11 is 0. The maximum absolute atomic E-state index is 6.34. The van der Waals surface area contributed by atoms with Gasteiger partial charge in [-0.25, -0.2) is 0 Å². The van der Waals surface area contributed by atoms with Crippen molar-refractivity contribution < 1.29 is 4.74 Å². The van der Waals surface area contributed by atoms with Gasteiger partial charge in [0.25, 0.3) is 0 Å². The van der Waals surface area contributed by atoms with E-state index in [9.17, 15) is 0 Å². The fourth-order valence-electron chi connectivity index (χ4n) is 4.64. The van der Waals surface area contributed by atoms with Gasteiger partial charge in [-0.3, -0.25) is 4.90 Å². The lowest BCUT2D eigenvalue weighted by molar-refractivity contribution is 0.0209. The molecule has 1 fully saturated rings. The van der Waals surface area contributed by atoms with Crippen LogP contribution in [0.25, 0.3) is 0 Å². The predicted molar refractivity (Wildman–Crippen MR) is 124 cm³/mol. The molecule has 156 valence electrons. The first-order chi connectivity index (χ1) is 14.8. The molecule has 1 aliphatic carbocycles. The van der Waals surface area contributed by atoms with Gasteiger partial charge in [0.05, 0.1) is 13.2 Å². The number of hydrogen-bond acceptors (Lipinski definition) is 2. The first kappa shape index (κ1) is 20.8. The van der Waals surface area contributed by atoms with E-state index in [2.05, 4.69) is 103 Å². The standard InChI is InChI=1S/C28H33NO/c1-2-12-27-19-28(27,23-30-22-26-17-10-5-11-18-26)29(20-24-13-6-3-7-14-24)21-25-15-8-4-9-16-25/h3-11,13-18,27H,2,12,19-23H2,1H3. The van der Waals surface area contributed by atoms with Gasteiger partial charge in [0.2, 0.25) is 0 Å². The fraction of sp³-hybridized carbons (Fsp3) is 0.357. The highest BCUT2D eigenvalue weighted by Gasteiger charge is 2.57. The molecule has 2 unspecified atom stereocenters. The second-order valence-electron chi connectivity index (χ2n) is 8.60. The van der Waals surface area contributed by atoms with Crippen LogP contribution in [0.3, 0.4) is 0 Å². The van der Waals surface area contributed by atoms with Crippen LogP contribution in [0.1, 0.15) is 42.9 Å². The van der Waals surface area contributed by atoms with Crippen molar-refractivity contribution in [2.24, 2.45) is 5.92 Å². The Morgan fingerprint density at radius 1 is 0.767 bits per heavy atom. The molecule has 2 nitrogen and oxygen atoms in total. The van der Waals surface area contributed by atoms with Crippen LogP contribution >= 0.6 is 0 Å². The van der Waals surface area contributed by atoms with E-state index in [4.69, 9.17) is 4.74 Å². The summed E-state index contributed by atoms with van der Waals surface area (Å²) < 4.78 is 6.34. The van der Waals surface area contributed by atoms with Crippen molar-refractivity contribution in [1.82, 2.24) is 4.90 Å². The fourth-order valence-corrected chi connectivity index (χ4v) is 4.64. The molecule has 0 saturated heterocycles. The molecule has 0 heterocycles. The van der Waals surface area contributed by atoms with E-state index in [1.807, 2.05) is 0 Å². The summed E-state index contributed by atoms with van der Waals surface area (Å²) in [5, 5.41) is 0. The van der Waals surface area contributed by atoms with Crippen molar-refractivity contribution in [3.63, 3.8) is 0 Å². The lowest BCUT2D eigenvalue weighted by Gasteiger charge is -2.34. The molecule has 0 radical (unpaired) electrons. The Morgan fingerprint density at radius 3 is 1.77 bits per heavy atom. The highest BCUT2D eigenvalue weighted by molar-refractivity contribution is 5.21. The highest BCUT2D eigenvalue weighted by Crippen LogP contribution is 2.52. The Kier molecular flexibility index (Phi) is 6.99. The van der Waals surface area contributed by atoms with Gasteiger partial charge >= 0.3 is 0 Å². The van der Waals surface area contributed by atoms with E-state index in [0.717, 1.165) is 19.7 Å². The van der Waals surface area contributed by atoms with Crippen LogP contribution in [0.2, 0.25) is 0 Å². The predicted octanol–water partition coefficient (Wildman–Crippen LogP) is 6.46. The molecule has 4 rings (SSSR count). The van der Waals surface area contributed by atoms with E-state index in [1.54, 1.807) is 0 Å². The first-order valence-corrected chi connectivity index (χ1v) is 11.2. The SMILES string of the molecule is CCCC1CC1(COCc1ccccc1)N(Cc1ccccc1)Cc1ccccc1. The molecule has 0 bridgehead atoms. The monoisotopic (exact) mass is 399 g/mol. The van der Waals surface area contributed by atoms with Crippen LogP contribution in [0.15, 0.2) is 91.0 Å². The normalized spacial score (nSPS) is 20.4. The smallest absolute Gasteiger partial charge is 0.0717 e. The van der Waals surface area contributed by atoms with Crippen LogP contribution in [0.4, 0.5) is 0 Å². The van der Waals surface area contributed by atoms with Gasteiger partial charge in [0, 0.05) is 18.6 Å². The van der Waals surface area contributed by atoms with E-state index in [0.29, 0.717) is 12.5 Å². The number of ether oxygens (including phenoxy) is 1. The molecule has 0 aromatic heterocycles. The summed E-state index contributed by atoms with van der Waals surface area (Å²) in [6.45, 7) is 5.71. The van der Waals surface area contributed by atoms with E-state index >= 15 is 0 Å². The van der Waals surface area contributed by atoms with Gasteiger partial charge in [-0.1, -0.05) is 104 Å². The van der Waals surface area contributed by atoms with Crippen molar-refractivity contribution in [3.8, 4) is 0 Å². The molecule has 2 heteroatoms. The zero-order valence-corrected chi connectivity index (χ0v) is 18.0. The Balaban J connectivity index is 1.53. The minimum absolute atomic E-state index is 0.135. The van der Waals surface area contributed by atoms with Gasteiger partial charge in [-0.05, 0) is 35.4 Å². The Morgan fingerprint density at radius 2 is 1.27 bits per heavy atom. The van der Waals surface area contributed by atoms with E-state index in [-0.39, 0.29) is 5.54 Å². The Bertz CT molecular complexity index is 839. The number of nitrogens with zero attached hydrogens (tertiary/aromatic N) is 1. The van der Waals surface area contributed by atoms with Crippen LogP contribution in [-0.2, 0) is 24.4 Å². The lowest BCUT2D eigenvalue weighted by atomic mass is 10.1. The molecule has 3 aromatic carbocycles. The topological polar surface area (TPSA) is 12.5 Å². The second kappa shape index (κ2) is 10.1. The summed E-state index contributed by atoms with van der Waals surface area (Å²) in [5.41, 5.74) is 4.13. The molecule has 0 aliphatic heterocycles. The summed E-state index contributed by atoms with van der Waals surface area (Å²) in [7, 11) is 0. The van der Waals surface area contributed by atoms with Gasteiger partial charge in [0.15, 0.2) is 0 Å².